The van der Waals surface area contributed by atoms with Gasteiger partial charge >= 0.3 is 0 Å². The second-order valence-electron chi connectivity index (χ2n) is 9.89. The Hall–Kier alpha value is -4.45. The van der Waals surface area contributed by atoms with Crippen molar-refractivity contribution < 1.29 is 38.3 Å². The van der Waals surface area contributed by atoms with Gasteiger partial charge in [0.15, 0.2) is 28.7 Å². The fourth-order valence-corrected chi connectivity index (χ4v) is 4.80. The molecule has 11 nitrogen and oxygen atoms in total. The summed E-state index contributed by atoms with van der Waals surface area (Å²) in [6.07, 6.45) is 7.66. The van der Waals surface area contributed by atoms with E-state index in [4.69, 9.17) is 34.2 Å². The number of nitrogens with two attached hydrogens (primary N) is 1. The van der Waals surface area contributed by atoms with Crippen LogP contribution in [0, 0.1) is 0 Å². The number of fused-ring (bicyclic) bond motifs is 2. The second-order valence-corrected chi connectivity index (χ2v) is 9.89. The third-order valence-electron chi connectivity index (χ3n) is 7.08. The first kappa shape index (κ1) is 35.0. The quantitative estimate of drug-likeness (QED) is 0.0977. The Balaban J connectivity index is 0.000000233. The summed E-state index contributed by atoms with van der Waals surface area (Å²) in [7, 11) is 6.15. The van der Waals surface area contributed by atoms with Crippen molar-refractivity contribution in [3.63, 3.8) is 0 Å². The lowest BCUT2D eigenvalue weighted by atomic mass is 10.1. The molecule has 0 aromatic heterocycles. The van der Waals surface area contributed by atoms with Crippen LogP contribution >= 0.6 is 12.6 Å². The van der Waals surface area contributed by atoms with Gasteiger partial charge in [0, 0.05) is 37.0 Å². The van der Waals surface area contributed by atoms with Crippen LogP contribution in [0.3, 0.4) is 0 Å². The van der Waals surface area contributed by atoms with Gasteiger partial charge in [-0.25, -0.2) is 0 Å². The Morgan fingerprint density at radius 3 is 2.24 bits per heavy atom. The van der Waals surface area contributed by atoms with E-state index in [0.29, 0.717) is 63.8 Å². The molecule has 0 radical (unpaired) electrons. The van der Waals surface area contributed by atoms with Crippen LogP contribution < -0.4 is 34.2 Å². The van der Waals surface area contributed by atoms with Crippen LogP contribution in [0.15, 0.2) is 47.5 Å². The third-order valence-corrected chi connectivity index (χ3v) is 7.08. The molecular formula is C33H43N3O8S. The number of phenolic OH excluding ortho intramolecular Hbond substituents is 1. The minimum atomic E-state index is 0.0356. The van der Waals surface area contributed by atoms with Crippen LogP contribution in [-0.4, -0.2) is 76.0 Å². The Morgan fingerprint density at radius 2 is 1.62 bits per heavy atom. The Kier molecular flexibility index (Phi) is 13.3. The first-order valence-electron chi connectivity index (χ1n) is 14.5. The average molecular weight is 642 g/mol. The lowest BCUT2D eigenvalue weighted by Gasteiger charge is -2.20. The molecule has 0 spiro atoms. The van der Waals surface area contributed by atoms with Crippen LogP contribution in [0.2, 0.25) is 0 Å². The number of amides is 1. The van der Waals surface area contributed by atoms with Crippen LogP contribution in [-0.2, 0) is 0 Å². The number of aromatic hydroxyl groups is 1. The van der Waals surface area contributed by atoms with Crippen LogP contribution in [0.1, 0.15) is 43.0 Å². The van der Waals surface area contributed by atoms with Gasteiger partial charge in [0.05, 0.1) is 58.0 Å². The molecule has 1 fully saturated rings. The number of ether oxygens (including phenoxy) is 6. The molecule has 0 bridgehead atoms. The third kappa shape index (κ3) is 8.59. The van der Waals surface area contributed by atoms with Gasteiger partial charge < -0.3 is 44.2 Å². The van der Waals surface area contributed by atoms with Crippen molar-refractivity contribution in [2.45, 2.75) is 38.6 Å². The summed E-state index contributed by atoms with van der Waals surface area (Å²) < 4.78 is 32.6. The zero-order chi connectivity index (χ0) is 32.9. The maximum Gasteiger partial charge on any atom is 0.256 e. The molecule has 1 amide bonds. The lowest BCUT2D eigenvalue weighted by molar-refractivity contribution is 0.0774. The number of anilines is 1. The van der Waals surface area contributed by atoms with Crippen molar-refractivity contribution in [1.82, 2.24) is 4.90 Å². The fourth-order valence-electron chi connectivity index (χ4n) is 4.80. The summed E-state index contributed by atoms with van der Waals surface area (Å²) in [5, 5.41) is 9.49. The number of rotatable bonds is 10. The summed E-state index contributed by atoms with van der Waals surface area (Å²) in [5.41, 5.74) is 7.49. The number of aliphatic imine (C=N–C) groups is 1. The number of carbonyl (C=O) groups is 1. The second kappa shape index (κ2) is 17.1. The zero-order valence-electron chi connectivity index (χ0n) is 26.7. The molecule has 3 aromatic rings. The van der Waals surface area contributed by atoms with Gasteiger partial charge in [0.2, 0.25) is 5.75 Å². The SMILES string of the molecule is CCCCOc1cc2c(cc1OC)C(=O)N1CCCC1C=N2.COc1cc(Oc2cc(O)ccc2N)cc(OC)c1OC.CS. The number of thiol groups is 1. The van der Waals surface area contributed by atoms with Crippen LogP contribution in [0.25, 0.3) is 0 Å². The summed E-state index contributed by atoms with van der Waals surface area (Å²) in [6.45, 7) is 3.55. The molecule has 244 valence electrons. The predicted molar refractivity (Wildman–Crippen MR) is 179 cm³/mol. The summed E-state index contributed by atoms with van der Waals surface area (Å²) >= 11 is 3.53. The molecule has 1 unspecified atom stereocenters. The van der Waals surface area contributed by atoms with Crippen molar-refractivity contribution in [2.75, 3.05) is 53.6 Å². The van der Waals surface area contributed by atoms with Gasteiger partial charge in [-0.3, -0.25) is 9.79 Å². The van der Waals surface area contributed by atoms with Gasteiger partial charge in [-0.2, -0.15) is 12.6 Å². The van der Waals surface area contributed by atoms with Gasteiger partial charge in [-0.15, -0.1) is 0 Å². The monoisotopic (exact) mass is 641 g/mol. The number of nitrogen functional groups attached to an aromatic ring is 1. The standard InChI is InChI=1S/C17H22N2O3.C15H17NO5.CH4S/c1-3-4-8-22-16-10-14-13(9-15(16)21-2)17(20)19-7-5-6-12(19)11-18-14;1-18-13-7-10(8-14(19-2)15(13)20-3)21-12-6-9(17)4-5-11(12)16;1-2/h9-12H,3-8H2,1-2H3;4-8,17H,16H2,1-3H3;2H,1H3. The van der Waals surface area contributed by atoms with Gasteiger partial charge in [-0.05, 0) is 43.7 Å². The number of hydrogen-bond acceptors (Lipinski definition) is 11. The molecular weight excluding hydrogens is 598 g/mol. The number of nitrogens with zero attached hydrogens (tertiary/aromatic N) is 2. The van der Waals surface area contributed by atoms with Crippen molar-refractivity contribution in [2.24, 2.45) is 4.99 Å². The maximum atomic E-state index is 12.7. The Morgan fingerprint density at radius 1 is 0.933 bits per heavy atom. The van der Waals surface area contributed by atoms with E-state index in [2.05, 4.69) is 24.5 Å². The molecule has 1 saturated heterocycles. The Labute approximate surface area is 270 Å². The van der Waals surface area contributed by atoms with E-state index in [0.717, 1.165) is 32.2 Å². The van der Waals surface area contributed by atoms with Gasteiger partial charge in [0.25, 0.3) is 5.91 Å². The van der Waals surface area contributed by atoms with Crippen LogP contribution in [0.4, 0.5) is 11.4 Å². The summed E-state index contributed by atoms with van der Waals surface area (Å²) in [4.78, 5) is 19.1. The van der Waals surface area contributed by atoms with E-state index in [1.165, 1.54) is 33.5 Å². The van der Waals surface area contributed by atoms with E-state index in [9.17, 15) is 9.90 Å². The normalized spacial score (nSPS) is 14.4. The summed E-state index contributed by atoms with van der Waals surface area (Å²) in [5.74, 6) is 3.52. The highest BCUT2D eigenvalue weighted by molar-refractivity contribution is 7.79. The van der Waals surface area contributed by atoms with E-state index in [1.807, 2.05) is 17.2 Å². The minimum absolute atomic E-state index is 0.0356. The van der Waals surface area contributed by atoms with Crippen molar-refractivity contribution in [3.8, 4) is 46.0 Å². The number of carbonyl (C=O) groups excluding carboxylic acids is 1. The number of methoxy groups -OCH3 is 4. The van der Waals surface area contributed by atoms with Crippen molar-refractivity contribution in [3.05, 3.63) is 48.0 Å². The molecule has 12 heteroatoms. The molecule has 45 heavy (non-hydrogen) atoms. The molecule has 0 saturated carbocycles. The molecule has 0 aliphatic carbocycles. The van der Waals surface area contributed by atoms with Crippen molar-refractivity contribution >= 4 is 36.1 Å². The molecule has 2 aliphatic rings. The van der Waals surface area contributed by atoms with Gasteiger partial charge in [-0.1, -0.05) is 13.3 Å². The molecule has 1 atom stereocenters. The molecule has 5 rings (SSSR count). The van der Waals surface area contributed by atoms with E-state index >= 15 is 0 Å². The first-order chi connectivity index (χ1) is 21.8. The van der Waals surface area contributed by atoms with E-state index in [-0.39, 0.29) is 17.7 Å². The highest BCUT2D eigenvalue weighted by atomic mass is 32.1. The number of unbranched alkanes of at least 4 members (excludes halogenated alkanes) is 1. The predicted octanol–water partition coefficient (Wildman–Crippen LogP) is 6.53. The highest BCUT2D eigenvalue weighted by Crippen LogP contribution is 2.43. The maximum absolute atomic E-state index is 12.7. The topological polar surface area (TPSA) is 134 Å². The largest absolute Gasteiger partial charge is 0.508 e. The highest BCUT2D eigenvalue weighted by Gasteiger charge is 2.32. The smallest absolute Gasteiger partial charge is 0.256 e. The molecule has 3 N–H and O–H groups in total. The lowest BCUT2D eigenvalue weighted by Crippen LogP contribution is -2.35. The van der Waals surface area contributed by atoms with E-state index in [1.54, 1.807) is 37.6 Å². The van der Waals surface area contributed by atoms with Crippen LogP contribution in [0.5, 0.6) is 46.0 Å². The zero-order valence-corrected chi connectivity index (χ0v) is 27.6. The summed E-state index contributed by atoms with van der Waals surface area (Å²) in [6, 6.07) is 11.5. The molecule has 3 aromatic carbocycles. The first-order valence-corrected chi connectivity index (χ1v) is 15.4. The number of phenols is 1. The van der Waals surface area contributed by atoms with Gasteiger partial charge in [0.1, 0.15) is 11.5 Å². The Bertz CT molecular complexity index is 1440. The minimum Gasteiger partial charge on any atom is -0.508 e. The average Bonchev–Trinajstić information content (AvgIpc) is 3.50. The van der Waals surface area contributed by atoms with E-state index < -0.39 is 0 Å². The molecule has 2 aliphatic heterocycles. The number of hydrogen-bond donors (Lipinski definition) is 3. The number of benzene rings is 3. The van der Waals surface area contributed by atoms with Crippen molar-refractivity contribution in [1.29, 1.82) is 0 Å². The molecule has 2 heterocycles. The fraction of sp³-hybridized carbons (Fsp3) is 0.394.